The number of nitrogens with two attached hydrogens (primary N) is 2. The molecule has 0 bridgehead atoms. The largest absolute Gasteiger partial charge is 0.397 e. The predicted molar refractivity (Wildman–Crippen MR) is 69.3 cm³/mol. The van der Waals surface area contributed by atoms with Crippen molar-refractivity contribution < 1.29 is 14.4 Å². The second-order valence-electron chi connectivity index (χ2n) is 4.35. The van der Waals surface area contributed by atoms with E-state index in [1.807, 2.05) is 0 Å². The smallest absolute Gasteiger partial charge is 0.249 e. The van der Waals surface area contributed by atoms with E-state index in [0.29, 0.717) is 11.4 Å². The van der Waals surface area contributed by atoms with Gasteiger partial charge in [-0.15, -0.1) is 0 Å². The lowest BCUT2D eigenvalue weighted by Crippen LogP contribution is -2.57. The van der Waals surface area contributed by atoms with Crippen molar-refractivity contribution in [1.82, 2.24) is 5.32 Å². The number of imide groups is 1. The summed E-state index contributed by atoms with van der Waals surface area (Å²) >= 11 is 0. The Kier molecular flexibility index (Phi) is 3.12. The van der Waals surface area contributed by atoms with Gasteiger partial charge < -0.3 is 16.4 Å². The minimum absolute atomic E-state index is 0.0347. The Morgan fingerprint density at radius 3 is 2.68 bits per heavy atom. The summed E-state index contributed by atoms with van der Waals surface area (Å²) in [5, 5.41) is 2.24. The quantitative estimate of drug-likeness (QED) is 0.477. The van der Waals surface area contributed by atoms with Gasteiger partial charge in [0.25, 0.3) is 0 Å². The molecule has 0 aromatic heterocycles. The standard InChI is InChI=1S/C12H14N4O3/c1-6-12(19)15-10(17)5-16(6)9-3-2-7(11(14)18)4-8(9)13/h2-4,6H,5,13H2,1H3,(H2,14,18)(H,15,17,19). The Morgan fingerprint density at radius 2 is 2.11 bits per heavy atom. The fourth-order valence-corrected chi connectivity index (χ4v) is 1.98. The van der Waals surface area contributed by atoms with Gasteiger partial charge in [-0.2, -0.15) is 0 Å². The van der Waals surface area contributed by atoms with Gasteiger partial charge in [0.05, 0.1) is 17.9 Å². The lowest BCUT2D eigenvalue weighted by molar-refractivity contribution is -0.132. The molecule has 3 amide bonds. The zero-order chi connectivity index (χ0) is 14.2. The van der Waals surface area contributed by atoms with Crippen LogP contribution in [0.4, 0.5) is 11.4 Å². The van der Waals surface area contributed by atoms with Crippen molar-refractivity contribution in [3.63, 3.8) is 0 Å². The number of amides is 3. The van der Waals surface area contributed by atoms with Gasteiger partial charge in [-0.3, -0.25) is 19.7 Å². The number of anilines is 2. The highest BCUT2D eigenvalue weighted by atomic mass is 16.2. The Morgan fingerprint density at radius 1 is 1.42 bits per heavy atom. The average molecular weight is 262 g/mol. The van der Waals surface area contributed by atoms with Crippen LogP contribution in [0.15, 0.2) is 18.2 Å². The van der Waals surface area contributed by atoms with E-state index in [1.165, 1.54) is 12.1 Å². The molecule has 1 atom stereocenters. The molecule has 0 saturated carbocycles. The molecule has 2 rings (SSSR count). The highest BCUT2D eigenvalue weighted by Crippen LogP contribution is 2.27. The minimum atomic E-state index is -0.584. The number of hydrogen-bond donors (Lipinski definition) is 3. The first-order valence-corrected chi connectivity index (χ1v) is 5.70. The second kappa shape index (κ2) is 4.60. The monoisotopic (exact) mass is 262 g/mol. The SMILES string of the molecule is CC1C(=O)NC(=O)CN1c1ccc(C(N)=O)cc1N. The van der Waals surface area contributed by atoms with E-state index in [-0.39, 0.29) is 23.9 Å². The number of benzene rings is 1. The normalized spacial score (nSPS) is 19.2. The molecule has 1 aromatic carbocycles. The van der Waals surface area contributed by atoms with E-state index in [4.69, 9.17) is 11.5 Å². The number of rotatable bonds is 2. The molecule has 7 heteroatoms. The molecule has 100 valence electrons. The van der Waals surface area contributed by atoms with Gasteiger partial charge in [-0.05, 0) is 25.1 Å². The molecule has 0 aliphatic carbocycles. The number of nitrogen functional groups attached to an aromatic ring is 1. The molecule has 0 spiro atoms. The lowest BCUT2D eigenvalue weighted by Gasteiger charge is -2.34. The first kappa shape index (κ1) is 12.9. The van der Waals surface area contributed by atoms with Gasteiger partial charge in [0.2, 0.25) is 17.7 Å². The molecule has 19 heavy (non-hydrogen) atoms. The van der Waals surface area contributed by atoms with Gasteiger partial charge in [-0.25, -0.2) is 0 Å². The Hall–Kier alpha value is -2.57. The van der Waals surface area contributed by atoms with Crippen LogP contribution < -0.4 is 21.7 Å². The molecule has 1 aromatic rings. The zero-order valence-electron chi connectivity index (χ0n) is 10.3. The maximum atomic E-state index is 11.6. The molecule has 1 aliphatic rings. The van der Waals surface area contributed by atoms with Crippen molar-refractivity contribution in [2.75, 3.05) is 17.2 Å². The van der Waals surface area contributed by atoms with Gasteiger partial charge in [0.15, 0.2) is 0 Å². The van der Waals surface area contributed by atoms with Crippen molar-refractivity contribution in [2.24, 2.45) is 5.73 Å². The summed E-state index contributed by atoms with van der Waals surface area (Å²) in [5.74, 6) is -1.35. The summed E-state index contributed by atoms with van der Waals surface area (Å²) in [6.45, 7) is 1.70. The topological polar surface area (TPSA) is 119 Å². The van der Waals surface area contributed by atoms with Crippen LogP contribution in [0, 0.1) is 0 Å². The number of nitrogens with zero attached hydrogens (tertiary/aromatic N) is 1. The second-order valence-corrected chi connectivity index (χ2v) is 4.35. The maximum Gasteiger partial charge on any atom is 0.249 e. The summed E-state index contributed by atoms with van der Waals surface area (Å²) in [6, 6.07) is 4.01. The third-order valence-electron chi connectivity index (χ3n) is 3.05. The molecular formula is C12H14N4O3. The van der Waals surface area contributed by atoms with Crippen LogP contribution >= 0.6 is 0 Å². The van der Waals surface area contributed by atoms with Crippen LogP contribution in [0.1, 0.15) is 17.3 Å². The fraction of sp³-hybridized carbons (Fsp3) is 0.250. The van der Waals surface area contributed by atoms with E-state index in [0.717, 1.165) is 0 Å². The van der Waals surface area contributed by atoms with Crippen LogP contribution in [0.5, 0.6) is 0 Å². The first-order chi connectivity index (χ1) is 8.90. The molecular weight excluding hydrogens is 248 g/mol. The fourth-order valence-electron chi connectivity index (χ4n) is 1.98. The number of primary amides is 1. The Bertz CT molecular complexity index is 570. The molecule has 1 fully saturated rings. The van der Waals surface area contributed by atoms with E-state index >= 15 is 0 Å². The summed E-state index contributed by atoms with van der Waals surface area (Å²) in [6.07, 6.45) is 0. The summed E-state index contributed by atoms with van der Waals surface area (Å²) in [7, 11) is 0. The first-order valence-electron chi connectivity index (χ1n) is 5.70. The van der Waals surface area contributed by atoms with Crippen molar-refractivity contribution in [3.8, 4) is 0 Å². The molecule has 0 radical (unpaired) electrons. The molecule has 1 heterocycles. The molecule has 7 nitrogen and oxygen atoms in total. The van der Waals surface area contributed by atoms with Crippen molar-refractivity contribution in [3.05, 3.63) is 23.8 Å². The van der Waals surface area contributed by atoms with Gasteiger partial charge in [0, 0.05) is 5.56 Å². The van der Waals surface area contributed by atoms with E-state index in [2.05, 4.69) is 5.32 Å². The lowest BCUT2D eigenvalue weighted by atomic mass is 10.1. The van der Waals surface area contributed by atoms with Crippen molar-refractivity contribution in [1.29, 1.82) is 0 Å². The summed E-state index contributed by atoms with van der Waals surface area (Å²) in [4.78, 5) is 35.6. The van der Waals surface area contributed by atoms with E-state index in [1.54, 1.807) is 17.9 Å². The third-order valence-corrected chi connectivity index (χ3v) is 3.05. The molecule has 5 N–H and O–H groups in total. The van der Waals surface area contributed by atoms with Crippen LogP contribution in [0.3, 0.4) is 0 Å². The third kappa shape index (κ3) is 2.35. The number of nitrogens with one attached hydrogen (secondary N) is 1. The number of carbonyl (C=O) groups excluding carboxylic acids is 3. The minimum Gasteiger partial charge on any atom is -0.397 e. The van der Waals surface area contributed by atoms with Crippen molar-refractivity contribution >= 4 is 29.1 Å². The molecule has 1 saturated heterocycles. The summed E-state index contributed by atoms with van der Waals surface area (Å²) in [5.41, 5.74) is 12.1. The van der Waals surface area contributed by atoms with E-state index < -0.39 is 11.9 Å². The summed E-state index contributed by atoms with van der Waals surface area (Å²) < 4.78 is 0. The van der Waals surface area contributed by atoms with Gasteiger partial charge in [0.1, 0.15) is 6.04 Å². The van der Waals surface area contributed by atoms with Crippen molar-refractivity contribution in [2.45, 2.75) is 13.0 Å². The van der Waals surface area contributed by atoms with Gasteiger partial charge in [-0.1, -0.05) is 0 Å². The Labute approximate surface area is 109 Å². The van der Waals surface area contributed by atoms with Crippen LogP contribution in [-0.4, -0.2) is 30.3 Å². The van der Waals surface area contributed by atoms with Gasteiger partial charge >= 0.3 is 0 Å². The molecule has 1 aliphatic heterocycles. The van der Waals surface area contributed by atoms with Crippen LogP contribution in [-0.2, 0) is 9.59 Å². The average Bonchev–Trinajstić information content (AvgIpc) is 2.33. The van der Waals surface area contributed by atoms with Crippen LogP contribution in [0.25, 0.3) is 0 Å². The highest BCUT2D eigenvalue weighted by Gasteiger charge is 2.31. The predicted octanol–water partition coefficient (Wildman–Crippen LogP) is -0.781. The number of hydrogen-bond acceptors (Lipinski definition) is 5. The van der Waals surface area contributed by atoms with Crippen LogP contribution in [0.2, 0.25) is 0 Å². The molecule has 1 unspecified atom stereocenters. The van der Waals surface area contributed by atoms with E-state index in [9.17, 15) is 14.4 Å². The number of piperazine rings is 1. The number of carbonyl (C=O) groups is 3. The maximum absolute atomic E-state index is 11.6. The Balaban J connectivity index is 2.38. The zero-order valence-corrected chi connectivity index (χ0v) is 10.3. The highest BCUT2D eigenvalue weighted by molar-refractivity contribution is 6.05.